The molecule has 5 nitrogen and oxygen atoms in total. The van der Waals surface area contributed by atoms with Gasteiger partial charge in [0, 0.05) is 11.9 Å². The first-order chi connectivity index (χ1) is 9.70. The second kappa shape index (κ2) is 5.10. The number of thiophene rings is 1. The molecule has 2 heterocycles. The van der Waals surface area contributed by atoms with E-state index in [0.717, 1.165) is 5.39 Å². The van der Waals surface area contributed by atoms with E-state index < -0.39 is 0 Å². The first-order valence-electron chi connectivity index (χ1n) is 6.43. The predicted octanol–water partition coefficient (Wildman–Crippen LogP) is 1.76. The Balaban J connectivity index is 1.93. The van der Waals surface area contributed by atoms with Crippen molar-refractivity contribution in [2.75, 3.05) is 18.8 Å². The summed E-state index contributed by atoms with van der Waals surface area (Å²) in [5.74, 6) is 3.03. The summed E-state index contributed by atoms with van der Waals surface area (Å²) in [6.07, 6.45) is 9.27. The second-order valence-corrected chi connectivity index (χ2v) is 5.93. The number of terminal acetylenes is 1. The third-order valence-electron chi connectivity index (χ3n) is 3.36. The molecule has 1 amide bonds. The zero-order valence-corrected chi connectivity index (χ0v) is 11.7. The zero-order chi connectivity index (χ0) is 14.1. The van der Waals surface area contributed by atoms with Crippen LogP contribution in [0.15, 0.2) is 12.3 Å². The lowest BCUT2D eigenvalue weighted by Crippen LogP contribution is -2.33. The number of nitrogens with zero attached hydrogens (tertiary/aromatic N) is 3. The molecule has 1 aliphatic carbocycles. The van der Waals surface area contributed by atoms with Crippen LogP contribution in [0.5, 0.6) is 0 Å². The minimum absolute atomic E-state index is 0.102. The number of aromatic nitrogens is 2. The molecular weight excluding hydrogens is 272 g/mol. The van der Waals surface area contributed by atoms with Gasteiger partial charge in [0.15, 0.2) is 0 Å². The number of anilines is 1. The van der Waals surface area contributed by atoms with Crippen molar-refractivity contribution in [3.63, 3.8) is 0 Å². The van der Waals surface area contributed by atoms with E-state index in [1.807, 2.05) is 0 Å². The lowest BCUT2D eigenvalue weighted by Gasteiger charge is -2.19. The molecular formula is C14H14N4OS. The van der Waals surface area contributed by atoms with Crippen LogP contribution in [-0.4, -0.2) is 34.1 Å². The molecule has 1 aliphatic rings. The Morgan fingerprint density at radius 3 is 3.05 bits per heavy atom. The van der Waals surface area contributed by atoms with E-state index in [1.165, 1.54) is 24.2 Å². The van der Waals surface area contributed by atoms with Crippen molar-refractivity contribution in [1.29, 1.82) is 0 Å². The van der Waals surface area contributed by atoms with Crippen LogP contribution in [0.1, 0.15) is 22.5 Å². The Labute approximate surface area is 120 Å². The van der Waals surface area contributed by atoms with E-state index in [2.05, 4.69) is 16.1 Å². The number of carbonyl (C=O) groups excluding carboxylic acids is 1. The Hall–Kier alpha value is -2.13. The van der Waals surface area contributed by atoms with E-state index in [0.29, 0.717) is 34.4 Å². The third kappa shape index (κ3) is 2.32. The Bertz CT molecular complexity index is 699. The van der Waals surface area contributed by atoms with Crippen molar-refractivity contribution >= 4 is 33.1 Å². The first kappa shape index (κ1) is 12.9. The number of rotatable bonds is 4. The maximum absolute atomic E-state index is 12.6. The van der Waals surface area contributed by atoms with Gasteiger partial charge in [0.25, 0.3) is 5.91 Å². The molecule has 0 radical (unpaired) electrons. The Morgan fingerprint density at radius 2 is 2.40 bits per heavy atom. The average Bonchev–Trinajstić information content (AvgIpc) is 3.21. The van der Waals surface area contributed by atoms with Crippen LogP contribution < -0.4 is 5.73 Å². The lowest BCUT2D eigenvalue weighted by atomic mass is 10.2. The largest absolute Gasteiger partial charge is 0.397 e. The molecule has 2 N–H and O–H groups in total. The van der Waals surface area contributed by atoms with Crippen LogP contribution in [0, 0.1) is 18.3 Å². The summed E-state index contributed by atoms with van der Waals surface area (Å²) < 4.78 is 0. The van der Waals surface area contributed by atoms with E-state index in [4.69, 9.17) is 12.2 Å². The van der Waals surface area contributed by atoms with E-state index in [-0.39, 0.29) is 5.91 Å². The average molecular weight is 286 g/mol. The third-order valence-corrected chi connectivity index (χ3v) is 4.45. The van der Waals surface area contributed by atoms with Crippen LogP contribution in [0.3, 0.4) is 0 Å². The number of amides is 1. The summed E-state index contributed by atoms with van der Waals surface area (Å²) in [6, 6.07) is 1.78. The molecule has 0 atom stereocenters. The van der Waals surface area contributed by atoms with Crippen LogP contribution in [0.4, 0.5) is 5.69 Å². The van der Waals surface area contributed by atoms with E-state index in [1.54, 1.807) is 17.2 Å². The van der Waals surface area contributed by atoms with E-state index in [9.17, 15) is 4.79 Å². The van der Waals surface area contributed by atoms with Crippen LogP contribution in [-0.2, 0) is 0 Å². The summed E-state index contributed by atoms with van der Waals surface area (Å²) in [6.45, 7) is 1.02. The highest BCUT2D eigenvalue weighted by Gasteiger charge is 2.29. The van der Waals surface area contributed by atoms with Gasteiger partial charge in [-0.2, -0.15) is 5.10 Å². The van der Waals surface area contributed by atoms with Gasteiger partial charge < -0.3 is 10.6 Å². The maximum atomic E-state index is 12.6. The van der Waals surface area contributed by atoms with Crippen molar-refractivity contribution < 1.29 is 4.79 Å². The van der Waals surface area contributed by atoms with Gasteiger partial charge in [0.2, 0.25) is 0 Å². The maximum Gasteiger partial charge on any atom is 0.266 e. The molecule has 102 valence electrons. The molecule has 0 unspecified atom stereocenters. The highest BCUT2D eigenvalue weighted by Crippen LogP contribution is 2.34. The lowest BCUT2D eigenvalue weighted by molar-refractivity contribution is 0.0775. The standard InChI is InChI=1S/C14H14N4OS/c1-2-7-18(8-9-3-4-9)14(19)12-11(15)10-5-6-16-17-13(10)20-12/h1,5-6,9H,3-4,7-8,15H2. The number of hydrogen-bond acceptors (Lipinski definition) is 5. The van der Waals surface area contributed by atoms with Gasteiger partial charge in [-0.1, -0.05) is 5.92 Å². The SMILES string of the molecule is C#CCN(CC1CC1)C(=O)c1sc2nnccc2c1N. The normalized spacial score (nSPS) is 14.2. The molecule has 0 aromatic carbocycles. The molecule has 2 aromatic rings. The molecule has 0 bridgehead atoms. The summed E-state index contributed by atoms with van der Waals surface area (Å²) in [4.78, 5) is 15.5. The Morgan fingerprint density at radius 1 is 1.60 bits per heavy atom. The van der Waals surface area contributed by atoms with Crippen LogP contribution >= 0.6 is 11.3 Å². The topological polar surface area (TPSA) is 72.1 Å². The summed E-state index contributed by atoms with van der Waals surface area (Å²) >= 11 is 1.28. The molecule has 2 aromatic heterocycles. The summed E-state index contributed by atoms with van der Waals surface area (Å²) in [5.41, 5.74) is 6.54. The molecule has 1 fully saturated rings. The minimum Gasteiger partial charge on any atom is -0.397 e. The van der Waals surface area contributed by atoms with E-state index >= 15 is 0 Å². The minimum atomic E-state index is -0.102. The van der Waals surface area contributed by atoms with Crippen molar-refractivity contribution in [2.45, 2.75) is 12.8 Å². The van der Waals surface area contributed by atoms with Gasteiger partial charge in [-0.15, -0.1) is 22.9 Å². The van der Waals surface area contributed by atoms with Gasteiger partial charge in [-0.3, -0.25) is 4.79 Å². The van der Waals surface area contributed by atoms with Gasteiger partial charge in [-0.25, -0.2) is 0 Å². The fraction of sp³-hybridized carbons (Fsp3) is 0.357. The number of fused-ring (bicyclic) bond motifs is 1. The number of nitrogens with two attached hydrogens (primary N) is 1. The van der Waals surface area contributed by atoms with Gasteiger partial charge in [0.05, 0.1) is 18.4 Å². The Kier molecular flexibility index (Phi) is 3.28. The quantitative estimate of drug-likeness (QED) is 0.869. The number of carbonyl (C=O) groups is 1. The second-order valence-electron chi connectivity index (χ2n) is 4.93. The number of nitrogen functional groups attached to an aromatic ring is 1. The monoisotopic (exact) mass is 286 g/mol. The highest BCUT2D eigenvalue weighted by molar-refractivity contribution is 7.21. The van der Waals surface area contributed by atoms with Gasteiger partial charge in [-0.05, 0) is 24.8 Å². The molecule has 1 saturated carbocycles. The van der Waals surface area contributed by atoms with Crippen molar-refractivity contribution in [2.24, 2.45) is 5.92 Å². The van der Waals surface area contributed by atoms with Crippen molar-refractivity contribution in [3.8, 4) is 12.3 Å². The highest BCUT2D eigenvalue weighted by atomic mass is 32.1. The van der Waals surface area contributed by atoms with Gasteiger partial charge >= 0.3 is 0 Å². The first-order valence-corrected chi connectivity index (χ1v) is 7.24. The smallest absolute Gasteiger partial charge is 0.266 e. The molecule has 6 heteroatoms. The molecule has 20 heavy (non-hydrogen) atoms. The summed E-state index contributed by atoms with van der Waals surface area (Å²) in [5, 5.41) is 8.59. The fourth-order valence-corrected chi connectivity index (χ4v) is 3.12. The fourth-order valence-electron chi connectivity index (χ4n) is 2.12. The molecule has 3 rings (SSSR count). The number of hydrogen-bond donors (Lipinski definition) is 1. The van der Waals surface area contributed by atoms with Crippen molar-refractivity contribution in [1.82, 2.24) is 15.1 Å². The molecule has 0 spiro atoms. The summed E-state index contributed by atoms with van der Waals surface area (Å²) in [7, 11) is 0. The molecule has 0 saturated heterocycles. The van der Waals surface area contributed by atoms with Crippen molar-refractivity contribution in [3.05, 3.63) is 17.1 Å². The van der Waals surface area contributed by atoms with Crippen LogP contribution in [0.2, 0.25) is 0 Å². The predicted molar refractivity (Wildman–Crippen MR) is 79.3 cm³/mol. The molecule has 0 aliphatic heterocycles. The van der Waals surface area contributed by atoms with Crippen LogP contribution in [0.25, 0.3) is 10.2 Å². The zero-order valence-electron chi connectivity index (χ0n) is 10.9. The van der Waals surface area contributed by atoms with Gasteiger partial charge in [0.1, 0.15) is 9.71 Å².